The Hall–Kier alpha value is 0.01000. The molecule has 3 heterocycles. The van der Waals surface area contributed by atoms with Crippen molar-refractivity contribution in [2.75, 3.05) is 18.5 Å². The van der Waals surface area contributed by atoms with Gasteiger partial charge >= 0.3 is 0 Å². The first-order chi connectivity index (χ1) is 13.9. The van der Waals surface area contributed by atoms with Crippen LogP contribution in [0.4, 0.5) is 4.39 Å². The lowest BCUT2D eigenvalue weighted by Gasteiger charge is -2.46. The molecule has 0 aromatic carbocycles. The van der Waals surface area contributed by atoms with E-state index in [1.54, 1.807) is 0 Å². The standard InChI is InChI=1S/C17H28BrFO10/c18-5-7-14(28-9-3-1-2-4-25-9)11(22)13(24)17(27-7)29-15-8(6-20)26-16(19)12(23)10(15)21/h7-17,20-24H,1-6H2/t7?,8?,9?,10-,11-,12?,13?,14+,15+,16-,17+/m1/s1. The summed E-state index contributed by atoms with van der Waals surface area (Å²) in [6, 6.07) is 0. The van der Waals surface area contributed by atoms with Crippen molar-refractivity contribution in [1.82, 2.24) is 0 Å². The number of aliphatic hydroxyl groups is 5. The first kappa shape index (κ1) is 23.7. The summed E-state index contributed by atoms with van der Waals surface area (Å²) in [5.41, 5.74) is 0. The average molecular weight is 491 g/mol. The summed E-state index contributed by atoms with van der Waals surface area (Å²) in [6.07, 6.45) is -12.7. The Morgan fingerprint density at radius 3 is 2.21 bits per heavy atom. The smallest absolute Gasteiger partial charge is 0.228 e. The van der Waals surface area contributed by atoms with Crippen molar-refractivity contribution in [3.05, 3.63) is 0 Å². The van der Waals surface area contributed by atoms with Crippen molar-refractivity contribution >= 4 is 15.9 Å². The van der Waals surface area contributed by atoms with E-state index in [1.165, 1.54) is 0 Å². The van der Waals surface area contributed by atoms with E-state index in [4.69, 9.17) is 23.7 Å². The lowest BCUT2D eigenvalue weighted by Crippen LogP contribution is -2.64. The largest absolute Gasteiger partial charge is 0.394 e. The lowest BCUT2D eigenvalue weighted by atomic mass is 9.97. The fourth-order valence-electron chi connectivity index (χ4n) is 3.67. The summed E-state index contributed by atoms with van der Waals surface area (Å²) < 4.78 is 40.9. The molecule has 0 aromatic heterocycles. The minimum atomic E-state index is -2.20. The molecule has 0 radical (unpaired) electrons. The zero-order valence-electron chi connectivity index (χ0n) is 15.6. The second kappa shape index (κ2) is 10.6. The fraction of sp³-hybridized carbons (Fsp3) is 1.00. The molecule has 0 saturated carbocycles. The highest BCUT2D eigenvalue weighted by Gasteiger charge is 2.51. The normalized spacial score (nSPS) is 49.1. The molecule has 0 amide bonds. The Balaban J connectivity index is 1.67. The van der Waals surface area contributed by atoms with Crippen LogP contribution in [0.2, 0.25) is 0 Å². The van der Waals surface area contributed by atoms with Gasteiger partial charge in [-0.2, -0.15) is 0 Å². The molecule has 3 aliphatic heterocycles. The van der Waals surface area contributed by atoms with E-state index < -0.39 is 74.4 Å². The third-order valence-corrected chi connectivity index (χ3v) is 5.98. The van der Waals surface area contributed by atoms with Gasteiger partial charge < -0.3 is 49.2 Å². The number of ether oxygens (including phenoxy) is 5. The van der Waals surface area contributed by atoms with Crippen LogP contribution in [0.3, 0.4) is 0 Å². The van der Waals surface area contributed by atoms with Crippen LogP contribution in [-0.2, 0) is 23.7 Å². The van der Waals surface area contributed by atoms with E-state index in [9.17, 15) is 29.9 Å². The van der Waals surface area contributed by atoms with Gasteiger partial charge in [-0.05, 0) is 19.3 Å². The van der Waals surface area contributed by atoms with Crippen LogP contribution in [-0.4, -0.2) is 112 Å². The Morgan fingerprint density at radius 2 is 1.59 bits per heavy atom. The molecule has 0 aromatic rings. The molecule has 0 aliphatic carbocycles. The van der Waals surface area contributed by atoms with Crippen molar-refractivity contribution in [3.63, 3.8) is 0 Å². The second-order valence-corrected chi connectivity index (χ2v) is 8.01. The maximum absolute atomic E-state index is 13.6. The number of hydrogen-bond donors (Lipinski definition) is 5. The summed E-state index contributed by atoms with van der Waals surface area (Å²) >= 11 is 3.27. The molecule has 3 aliphatic rings. The molecule has 5 N–H and O–H groups in total. The van der Waals surface area contributed by atoms with Gasteiger partial charge in [-0.1, -0.05) is 15.9 Å². The van der Waals surface area contributed by atoms with Crippen LogP contribution in [0.1, 0.15) is 19.3 Å². The van der Waals surface area contributed by atoms with Gasteiger partial charge in [0.25, 0.3) is 0 Å². The van der Waals surface area contributed by atoms with Crippen LogP contribution < -0.4 is 0 Å². The highest BCUT2D eigenvalue weighted by molar-refractivity contribution is 9.09. The van der Waals surface area contributed by atoms with E-state index in [1.807, 2.05) is 0 Å². The van der Waals surface area contributed by atoms with Gasteiger partial charge in [0.2, 0.25) is 6.36 Å². The maximum atomic E-state index is 13.6. The van der Waals surface area contributed by atoms with Crippen molar-refractivity contribution in [2.24, 2.45) is 0 Å². The number of hydrogen-bond acceptors (Lipinski definition) is 10. The third-order valence-electron chi connectivity index (χ3n) is 5.34. The van der Waals surface area contributed by atoms with Crippen molar-refractivity contribution in [2.45, 2.75) is 87.0 Å². The highest BCUT2D eigenvalue weighted by atomic mass is 79.9. The molecule has 12 heteroatoms. The Kier molecular flexibility index (Phi) is 8.61. The summed E-state index contributed by atoms with van der Waals surface area (Å²) in [4.78, 5) is 0. The fourth-order valence-corrected chi connectivity index (χ4v) is 4.19. The van der Waals surface area contributed by atoms with Gasteiger partial charge in [0, 0.05) is 11.9 Å². The van der Waals surface area contributed by atoms with Gasteiger partial charge in [0.1, 0.15) is 42.7 Å². The topological polar surface area (TPSA) is 147 Å². The molecule has 0 spiro atoms. The minimum Gasteiger partial charge on any atom is -0.394 e. The van der Waals surface area contributed by atoms with E-state index in [-0.39, 0.29) is 5.33 Å². The first-order valence-corrected chi connectivity index (χ1v) is 10.8. The number of halogens is 2. The Bertz CT molecular complexity index is 509. The monoisotopic (exact) mass is 490 g/mol. The number of aliphatic hydroxyl groups excluding tert-OH is 5. The number of alkyl halides is 2. The molecular weight excluding hydrogens is 463 g/mol. The lowest BCUT2D eigenvalue weighted by molar-refractivity contribution is -0.356. The molecular formula is C17H28BrFO10. The van der Waals surface area contributed by atoms with Crippen LogP contribution in [0, 0.1) is 0 Å². The quantitative estimate of drug-likeness (QED) is 0.279. The van der Waals surface area contributed by atoms with Crippen LogP contribution in [0.5, 0.6) is 0 Å². The zero-order valence-corrected chi connectivity index (χ0v) is 17.2. The highest BCUT2D eigenvalue weighted by Crippen LogP contribution is 2.32. The summed E-state index contributed by atoms with van der Waals surface area (Å²) in [6.45, 7) is -0.158. The van der Waals surface area contributed by atoms with Crippen LogP contribution in [0.15, 0.2) is 0 Å². The van der Waals surface area contributed by atoms with Crippen molar-refractivity contribution in [3.8, 4) is 0 Å². The predicted molar refractivity (Wildman–Crippen MR) is 96.7 cm³/mol. The molecule has 10 nitrogen and oxygen atoms in total. The van der Waals surface area contributed by atoms with E-state index in [2.05, 4.69) is 15.9 Å². The minimum absolute atomic E-state index is 0.232. The number of rotatable bonds is 6. The SMILES string of the molecule is OCC1O[C@@H](F)C(O)[C@@H](O)[C@H]1O[C@@H]1OC(CBr)[C@H](OC2CCCCO2)[C@H](O)C1O. The molecule has 5 unspecified atom stereocenters. The van der Waals surface area contributed by atoms with Gasteiger partial charge in [-0.3, -0.25) is 0 Å². The molecule has 0 bridgehead atoms. The summed E-state index contributed by atoms with van der Waals surface area (Å²) in [7, 11) is 0. The Labute approximate surface area is 175 Å². The second-order valence-electron chi connectivity index (χ2n) is 7.37. The molecule has 29 heavy (non-hydrogen) atoms. The molecule has 3 saturated heterocycles. The first-order valence-electron chi connectivity index (χ1n) is 9.64. The van der Waals surface area contributed by atoms with Gasteiger partial charge in [-0.15, -0.1) is 0 Å². The van der Waals surface area contributed by atoms with Gasteiger partial charge in [-0.25, -0.2) is 4.39 Å². The average Bonchev–Trinajstić information content (AvgIpc) is 2.73. The molecule has 3 fully saturated rings. The summed E-state index contributed by atoms with van der Waals surface area (Å²) in [5, 5.41) is 50.5. The molecule has 3 rings (SSSR count). The predicted octanol–water partition coefficient (Wildman–Crippen LogP) is -1.47. The van der Waals surface area contributed by atoms with Crippen LogP contribution >= 0.6 is 15.9 Å². The Morgan fingerprint density at radius 1 is 0.897 bits per heavy atom. The third kappa shape index (κ3) is 5.26. The molecule has 170 valence electrons. The van der Waals surface area contributed by atoms with Gasteiger partial charge in [0.15, 0.2) is 12.6 Å². The van der Waals surface area contributed by atoms with Crippen molar-refractivity contribution in [1.29, 1.82) is 0 Å². The zero-order chi connectivity index (χ0) is 21.1. The van der Waals surface area contributed by atoms with E-state index >= 15 is 0 Å². The molecule has 11 atom stereocenters. The van der Waals surface area contributed by atoms with E-state index in [0.717, 1.165) is 12.8 Å². The maximum Gasteiger partial charge on any atom is 0.228 e. The van der Waals surface area contributed by atoms with Gasteiger partial charge in [0.05, 0.1) is 12.7 Å². The summed E-state index contributed by atoms with van der Waals surface area (Å²) in [5.74, 6) is 0. The van der Waals surface area contributed by atoms with Crippen LogP contribution in [0.25, 0.3) is 0 Å². The van der Waals surface area contributed by atoms with E-state index in [0.29, 0.717) is 13.0 Å². The van der Waals surface area contributed by atoms with Crippen molar-refractivity contribution < 1.29 is 53.6 Å².